The zero-order valence-electron chi connectivity index (χ0n) is 19.7. The van der Waals surface area contributed by atoms with Gasteiger partial charge in [-0.15, -0.1) is 0 Å². The topological polar surface area (TPSA) is 66.2 Å². The van der Waals surface area contributed by atoms with Gasteiger partial charge in [-0.05, 0) is 86.7 Å². The Hall–Kier alpha value is -0.280. The van der Waals surface area contributed by atoms with Crippen LogP contribution in [0.5, 0.6) is 0 Å². The highest BCUT2D eigenvalue weighted by molar-refractivity contribution is 7.94. The first-order valence-corrected chi connectivity index (χ1v) is 11.2. The first-order valence-electron chi connectivity index (χ1n) is 10.4. The summed E-state index contributed by atoms with van der Waals surface area (Å²) in [5.41, 5.74) is 1.02. The maximum Gasteiger partial charge on any atom is 0.490 e. The van der Waals surface area contributed by atoms with Gasteiger partial charge in [-0.2, -0.15) is 0 Å². The van der Waals surface area contributed by atoms with Crippen molar-refractivity contribution in [2.75, 3.05) is 7.05 Å². The smallest absolute Gasteiger partial charge is 0.402 e. The predicted molar refractivity (Wildman–Crippen MR) is 123 cm³/mol. The minimum atomic E-state index is -0.400. The molecule has 0 aromatic heterocycles. The highest BCUT2D eigenvalue weighted by atomic mass is 32.2. The van der Waals surface area contributed by atoms with Crippen LogP contribution < -0.4 is 5.14 Å². The lowest BCUT2D eigenvalue weighted by Gasteiger charge is -2.32. The Morgan fingerprint density at radius 3 is 2.07 bits per heavy atom. The van der Waals surface area contributed by atoms with Gasteiger partial charge in [0.2, 0.25) is 0 Å². The molecule has 0 aromatic carbocycles. The van der Waals surface area contributed by atoms with Gasteiger partial charge in [-0.25, -0.2) is 4.31 Å². The normalized spacial score (nSPS) is 27.8. The van der Waals surface area contributed by atoms with Gasteiger partial charge in [-0.1, -0.05) is 12.2 Å². The van der Waals surface area contributed by atoms with Crippen LogP contribution in [0.15, 0.2) is 23.1 Å². The third-order valence-corrected chi connectivity index (χ3v) is 7.22. The van der Waals surface area contributed by atoms with Gasteiger partial charge in [0.05, 0.1) is 22.9 Å². The monoisotopic (exact) mass is 424 g/mol. The highest BCUT2D eigenvalue weighted by Gasteiger charge is 2.52. The molecule has 0 bridgehead atoms. The number of hydrogen-bond donors (Lipinski definition) is 1. The van der Waals surface area contributed by atoms with E-state index in [4.69, 9.17) is 23.8 Å². The van der Waals surface area contributed by atoms with Crippen LogP contribution in [0.3, 0.4) is 0 Å². The van der Waals surface area contributed by atoms with Gasteiger partial charge in [0, 0.05) is 18.2 Å². The Labute approximate surface area is 182 Å². The van der Waals surface area contributed by atoms with Gasteiger partial charge >= 0.3 is 14.2 Å². The van der Waals surface area contributed by atoms with Crippen molar-refractivity contribution in [1.82, 2.24) is 4.31 Å². The molecule has 2 saturated heterocycles. The summed E-state index contributed by atoms with van der Waals surface area (Å²) in [6.07, 6.45) is 4.96. The van der Waals surface area contributed by atoms with Crippen molar-refractivity contribution >= 4 is 26.4 Å². The predicted octanol–water partition coefficient (Wildman–Crippen LogP) is 3.96. The number of rotatable bonds is 7. The van der Waals surface area contributed by atoms with Gasteiger partial charge in [0.1, 0.15) is 0 Å². The van der Waals surface area contributed by atoms with Crippen molar-refractivity contribution in [2.45, 2.75) is 97.7 Å². The van der Waals surface area contributed by atoms with Crippen molar-refractivity contribution in [1.29, 1.82) is 0 Å². The summed E-state index contributed by atoms with van der Waals surface area (Å²) in [6.45, 7) is 18.6. The molecule has 2 fully saturated rings. The largest absolute Gasteiger partial charge is 0.490 e. The van der Waals surface area contributed by atoms with E-state index < -0.39 is 7.12 Å². The number of hydrogen-bond acceptors (Lipinski definition) is 7. The maximum absolute atomic E-state index is 6.31. The molecule has 6 nitrogen and oxygen atoms in total. The summed E-state index contributed by atoms with van der Waals surface area (Å²) in [5, 5.41) is 5.75. The molecule has 2 aliphatic heterocycles. The molecule has 0 radical (unpaired) electrons. The standard InChI is InChI=1S/C20H38B2N2O4S/c1-14(21-25-16(3)18(4,5)26-21)11-12-17(13-15(2)24(10)29-23)22-27-19(6,7)20(8,9)28-22/h11-12,15-16H,13,23H2,1-10H3/b14-11+,17-12+. The first kappa shape index (κ1) is 25.0. The van der Waals surface area contributed by atoms with E-state index in [1.165, 1.54) is 12.1 Å². The second-order valence-corrected chi connectivity index (χ2v) is 10.6. The van der Waals surface area contributed by atoms with Crippen molar-refractivity contribution < 1.29 is 18.6 Å². The molecule has 2 aliphatic rings. The van der Waals surface area contributed by atoms with E-state index in [0.717, 1.165) is 17.4 Å². The molecule has 29 heavy (non-hydrogen) atoms. The molecule has 164 valence electrons. The summed E-state index contributed by atoms with van der Waals surface area (Å²) >= 11 is 1.23. The van der Waals surface area contributed by atoms with Crippen LogP contribution in [0.25, 0.3) is 0 Å². The van der Waals surface area contributed by atoms with E-state index in [1.807, 2.05) is 25.2 Å². The Bertz CT molecular complexity index is 638. The van der Waals surface area contributed by atoms with E-state index in [1.54, 1.807) is 0 Å². The fourth-order valence-electron chi connectivity index (χ4n) is 3.08. The zero-order valence-corrected chi connectivity index (χ0v) is 20.6. The van der Waals surface area contributed by atoms with Gasteiger partial charge in [0.25, 0.3) is 0 Å². The molecule has 2 N–H and O–H groups in total. The quantitative estimate of drug-likeness (QED) is 0.377. The van der Waals surface area contributed by atoms with E-state index in [-0.39, 0.29) is 36.1 Å². The van der Waals surface area contributed by atoms with Gasteiger partial charge in [-0.3, -0.25) is 5.14 Å². The minimum absolute atomic E-state index is 0.0395. The van der Waals surface area contributed by atoms with Crippen LogP contribution in [-0.2, 0) is 18.6 Å². The number of nitrogens with zero attached hydrogens (tertiary/aromatic N) is 1. The fraction of sp³-hybridized carbons (Fsp3) is 0.800. The summed E-state index contributed by atoms with van der Waals surface area (Å²) in [6, 6.07) is 0.224. The molecule has 2 unspecified atom stereocenters. The van der Waals surface area contributed by atoms with Gasteiger partial charge < -0.3 is 18.6 Å². The SMILES string of the molecule is C/C(=C\C=C(/CC(C)N(C)SN)B1OC(C)(C)C(C)(C)O1)B1OC(C)C(C)(C)O1. The van der Waals surface area contributed by atoms with Crippen molar-refractivity contribution in [3.63, 3.8) is 0 Å². The Balaban J connectivity index is 2.25. The average molecular weight is 424 g/mol. The summed E-state index contributed by atoms with van der Waals surface area (Å²) in [5.74, 6) is 0. The fourth-order valence-corrected chi connectivity index (χ4v) is 3.36. The summed E-state index contributed by atoms with van der Waals surface area (Å²) in [4.78, 5) is 0. The first-order chi connectivity index (χ1) is 13.2. The van der Waals surface area contributed by atoms with Crippen LogP contribution >= 0.6 is 12.1 Å². The third-order valence-electron chi connectivity index (χ3n) is 6.52. The summed E-state index contributed by atoms with van der Waals surface area (Å²) < 4.78 is 26.7. The van der Waals surface area contributed by atoms with Crippen molar-refractivity contribution in [3.05, 3.63) is 23.1 Å². The van der Waals surface area contributed by atoms with Crippen LogP contribution in [0.2, 0.25) is 0 Å². The molecule has 0 amide bonds. The molecule has 0 saturated carbocycles. The molecule has 2 rings (SSSR count). The highest BCUT2D eigenvalue weighted by Crippen LogP contribution is 2.39. The van der Waals surface area contributed by atoms with E-state index >= 15 is 0 Å². The lowest BCUT2D eigenvalue weighted by molar-refractivity contribution is 0.00578. The van der Waals surface area contributed by atoms with Crippen LogP contribution in [0.4, 0.5) is 0 Å². The molecule has 9 heteroatoms. The molecule has 2 atom stereocenters. The number of allylic oxidation sites excluding steroid dienone is 3. The maximum atomic E-state index is 6.31. The molecular formula is C20H38B2N2O4S. The van der Waals surface area contributed by atoms with E-state index in [0.29, 0.717) is 0 Å². The van der Waals surface area contributed by atoms with Crippen LogP contribution in [0.1, 0.15) is 68.7 Å². The molecule has 0 aliphatic carbocycles. The Morgan fingerprint density at radius 1 is 1.07 bits per heavy atom. The Kier molecular flexibility index (Phi) is 7.81. The molecular weight excluding hydrogens is 386 g/mol. The van der Waals surface area contributed by atoms with E-state index in [9.17, 15) is 0 Å². The second-order valence-electron chi connectivity index (χ2n) is 9.78. The zero-order chi connectivity index (χ0) is 22.2. The van der Waals surface area contributed by atoms with Crippen molar-refractivity contribution in [2.24, 2.45) is 5.14 Å². The number of nitrogens with two attached hydrogens (primary N) is 1. The lowest BCUT2D eigenvalue weighted by Crippen LogP contribution is -2.41. The van der Waals surface area contributed by atoms with E-state index in [2.05, 4.69) is 60.6 Å². The van der Waals surface area contributed by atoms with Gasteiger partial charge in [0.15, 0.2) is 0 Å². The minimum Gasteiger partial charge on any atom is -0.402 e. The van der Waals surface area contributed by atoms with Crippen LogP contribution in [0, 0.1) is 0 Å². The van der Waals surface area contributed by atoms with Crippen LogP contribution in [-0.4, -0.2) is 54.5 Å². The summed E-state index contributed by atoms with van der Waals surface area (Å²) in [7, 11) is 1.25. The molecule has 0 aromatic rings. The van der Waals surface area contributed by atoms with Crippen molar-refractivity contribution in [3.8, 4) is 0 Å². The lowest BCUT2D eigenvalue weighted by atomic mass is 9.73. The molecule has 2 heterocycles. The third kappa shape index (κ3) is 5.70. The average Bonchev–Trinajstić information content (AvgIpc) is 3.00. The molecule has 0 spiro atoms. The Morgan fingerprint density at radius 2 is 1.62 bits per heavy atom. The second kappa shape index (κ2) is 9.07.